The van der Waals surface area contributed by atoms with Gasteiger partial charge in [0.05, 0.1) is 9.92 Å². The molecule has 2 heterocycles. The molecule has 5 nitrogen and oxygen atoms in total. The van der Waals surface area contributed by atoms with Gasteiger partial charge < -0.3 is 4.42 Å². The Morgan fingerprint density at radius 3 is 2.44 bits per heavy atom. The van der Waals surface area contributed by atoms with Crippen molar-refractivity contribution in [2.75, 3.05) is 6.26 Å². The Morgan fingerprint density at radius 2 is 1.89 bits per heavy atom. The summed E-state index contributed by atoms with van der Waals surface area (Å²) in [6.07, 6.45) is 3.67. The van der Waals surface area contributed by atoms with Crippen molar-refractivity contribution in [3.63, 3.8) is 0 Å². The van der Waals surface area contributed by atoms with E-state index in [-0.39, 0.29) is 10.8 Å². The van der Waals surface area contributed by atoms with Gasteiger partial charge in [-0.2, -0.15) is 0 Å². The zero-order chi connectivity index (χ0) is 19.6. The second kappa shape index (κ2) is 8.04. The van der Waals surface area contributed by atoms with Gasteiger partial charge in [0.15, 0.2) is 20.8 Å². The maximum absolute atomic E-state index is 11.7. The summed E-state index contributed by atoms with van der Waals surface area (Å²) < 4.78 is 29.4. The fourth-order valence-electron chi connectivity index (χ4n) is 2.34. The molecule has 0 saturated carbocycles. The lowest BCUT2D eigenvalue weighted by Gasteiger charge is -2.03. The molecule has 142 valence electrons. The summed E-state index contributed by atoms with van der Waals surface area (Å²) in [6, 6.07) is 10.2. The molecular weight excluding hydrogens is 404 g/mol. The minimum absolute atomic E-state index is 0.173. The largest absolute Gasteiger partial charge is 0.433 e. The van der Waals surface area contributed by atoms with Crippen LogP contribution in [-0.4, -0.2) is 24.6 Å². The van der Waals surface area contributed by atoms with E-state index in [4.69, 9.17) is 16.0 Å². The van der Waals surface area contributed by atoms with E-state index in [0.29, 0.717) is 21.7 Å². The molecule has 1 unspecified atom stereocenters. The summed E-state index contributed by atoms with van der Waals surface area (Å²) >= 11 is 7.26. The number of pyridine rings is 1. The van der Waals surface area contributed by atoms with Crippen molar-refractivity contribution in [1.29, 1.82) is 0 Å². The van der Waals surface area contributed by atoms with Crippen LogP contribution in [0.4, 0.5) is 0 Å². The number of nitrogens with zero attached hydrogens (tertiary/aromatic N) is 2. The molecule has 0 N–H and O–H groups in total. The maximum atomic E-state index is 11.7. The zero-order valence-electron chi connectivity index (χ0n) is 15.1. The van der Waals surface area contributed by atoms with Gasteiger partial charge in [-0.25, -0.2) is 18.4 Å². The molecule has 0 fully saturated rings. The highest BCUT2D eigenvalue weighted by molar-refractivity contribution is 7.99. The van der Waals surface area contributed by atoms with Crippen LogP contribution in [0.3, 0.4) is 0 Å². The van der Waals surface area contributed by atoms with Crippen molar-refractivity contribution in [3.8, 4) is 11.3 Å². The Morgan fingerprint density at radius 1 is 1.19 bits per heavy atom. The molecule has 1 atom stereocenters. The fraction of sp³-hybridized carbons (Fsp3) is 0.263. The van der Waals surface area contributed by atoms with Gasteiger partial charge in [-0.05, 0) is 42.4 Å². The molecule has 1 aromatic carbocycles. The molecule has 27 heavy (non-hydrogen) atoms. The van der Waals surface area contributed by atoms with Crippen LogP contribution in [0.25, 0.3) is 11.3 Å². The number of hydrogen-bond acceptors (Lipinski definition) is 6. The van der Waals surface area contributed by atoms with E-state index >= 15 is 0 Å². The Balaban J connectivity index is 2.02. The van der Waals surface area contributed by atoms with Crippen molar-refractivity contribution in [1.82, 2.24) is 9.97 Å². The van der Waals surface area contributed by atoms with Crippen LogP contribution in [0.15, 0.2) is 62.0 Å². The Labute approximate surface area is 168 Å². The zero-order valence-corrected chi connectivity index (χ0v) is 17.5. The predicted molar refractivity (Wildman–Crippen MR) is 107 cm³/mol. The topological polar surface area (TPSA) is 73.1 Å². The second-order valence-electron chi connectivity index (χ2n) is 6.21. The molecule has 0 aliphatic rings. The first-order valence-corrected chi connectivity index (χ1v) is 11.5. The number of rotatable bonds is 6. The highest BCUT2D eigenvalue weighted by atomic mass is 35.5. The smallest absolute Gasteiger partial charge is 0.199 e. The molecule has 0 radical (unpaired) electrons. The van der Waals surface area contributed by atoms with Gasteiger partial charge in [0.25, 0.3) is 0 Å². The summed E-state index contributed by atoms with van der Waals surface area (Å²) in [6.45, 7) is 4.13. The molecule has 8 heteroatoms. The van der Waals surface area contributed by atoms with Gasteiger partial charge in [0.1, 0.15) is 10.7 Å². The Bertz CT molecular complexity index is 1030. The van der Waals surface area contributed by atoms with Crippen LogP contribution in [0.2, 0.25) is 5.02 Å². The number of hydrogen-bond donors (Lipinski definition) is 0. The number of benzene rings is 1. The standard InChI is InChI=1S/C19H19ClN2O3S2/c1-4-12(2)18-22-17(13-5-8-15(9-6-13)27(3,23)24)19(25-18)26-16-10-7-14(20)11-21-16/h5-12H,4H2,1-3H3. The van der Waals surface area contributed by atoms with E-state index in [2.05, 4.69) is 23.8 Å². The summed E-state index contributed by atoms with van der Waals surface area (Å²) in [7, 11) is -3.25. The van der Waals surface area contributed by atoms with Gasteiger partial charge in [0.2, 0.25) is 0 Å². The van der Waals surface area contributed by atoms with E-state index in [0.717, 1.165) is 17.0 Å². The van der Waals surface area contributed by atoms with Gasteiger partial charge in [-0.1, -0.05) is 37.6 Å². The summed E-state index contributed by atoms with van der Waals surface area (Å²) in [4.78, 5) is 9.23. The normalized spacial score (nSPS) is 12.9. The first-order chi connectivity index (χ1) is 12.8. The van der Waals surface area contributed by atoms with Crippen LogP contribution in [0.5, 0.6) is 0 Å². The second-order valence-corrected chi connectivity index (χ2v) is 9.66. The van der Waals surface area contributed by atoms with Gasteiger partial charge >= 0.3 is 0 Å². The van der Waals surface area contributed by atoms with Crippen molar-refractivity contribution in [3.05, 3.63) is 53.5 Å². The van der Waals surface area contributed by atoms with E-state index in [1.54, 1.807) is 36.5 Å². The molecule has 0 spiro atoms. The first-order valence-electron chi connectivity index (χ1n) is 8.38. The predicted octanol–water partition coefficient (Wildman–Crippen LogP) is 5.46. The lowest BCUT2D eigenvalue weighted by Crippen LogP contribution is -1.96. The summed E-state index contributed by atoms with van der Waals surface area (Å²) in [5.74, 6) is 0.822. The van der Waals surface area contributed by atoms with Gasteiger partial charge in [-0.15, -0.1) is 0 Å². The van der Waals surface area contributed by atoms with Crippen LogP contribution < -0.4 is 0 Å². The van der Waals surface area contributed by atoms with E-state index in [1.165, 1.54) is 18.0 Å². The number of oxazole rings is 1. The third-order valence-corrected chi connectivity index (χ3v) is 6.36. The average Bonchev–Trinajstić information content (AvgIpc) is 3.06. The minimum Gasteiger partial charge on any atom is -0.433 e. The SMILES string of the molecule is CCC(C)c1nc(-c2ccc(S(C)(=O)=O)cc2)c(Sc2ccc(Cl)cn2)o1. The molecule has 3 aromatic rings. The van der Waals surface area contributed by atoms with E-state index in [9.17, 15) is 8.42 Å². The summed E-state index contributed by atoms with van der Waals surface area (Å²) in [5, 5.41) is 1.92. The Hall–Kier alpha value is -1.83. The fourth-order valence-corrected chi connectivity index (χ4v) is 3.90. The van der Waals surface area contributed by atoms with Crippen molar-refractivity contribution < 1.29 is 12.8 Å². The number of halogens is 1. The van der Waals surface area contributed by atoms with Crippen LogP contribution in [-0.2, 0) is 9.84 Å². The molecular formula is C19H19ClN2O3S2. The first kappa shape index (κ1) is 19.9. The highest BCUT2D eigenvalue weighted by Crippen LogP contribution is 2.38. The lowest BCUT2D eigenvalue weighted by atomic mass is 10.1. The minimum atomic E-state index is -3.25. The highest BCUT2D eigenvalue weighted by Gasteiger charge is 2.20. The number of aromatic nitrogens is 2. The van der Waals surface area contributed by atoms with Crippen LogP contribution in [0, 0.1) is 0 Å². The van der Waals surface area contributed by atoms with E-state index < -0.39 is 9.84 Å². The molecule has 0 aliphatic carbocycles. The van der Waals surface area contributed by atoms with E-state index in [1.807, 2.05) is 6.07 Å². The molecule has 2 aromatic heterocycles. The van der Waals surface area contributed by atoms with Crippen molar-refractivity contribution in [2.45, 2.75) is 41.2 Å². The third-order valence-electron chi connectivity index (χ3n) is 4.10. The molecule has 3 rings (SSSR count). The van der Waals surface area contributed by atoms with Crippen LogP contribution >= 0.6 is 23.4 Å². The maximum Gasteiger partial charge on any atom is 0.199 e. The third kappa shape index (κ3) is 4.72. The Kier molecular flexibility index (Phi) is 5.93. The molecule has 0 bridgehead atoms. The van der Waals surface area contributed by atoms with Crippen molar-refractivity contribution >= 4 is 33.2 Å². The monoisotopic (exact) mass is 422 g/mol. The van der Waals surface area contributed by atoms with Crippen LogP contribution in [0.1, 0.15) is 32.1 Å². The lowest BCUT2D eigenvalue weighted by molar-refractivity contribution is 0.395. The molecule has 0 aliphatic heterocycles. The van der Waals surface area contributed by atoms with Gasteiger partial charge in [-0.3, -0.25) is 0 Å². The van der Waals surface area contributed by atoms with Gasteiger partial charge in [0, 0.05) is 23.9 Å². The summed E-state index contributed by atoms with van der Waals surface area (Å²) in [5.41, 5.74) is 1.46. The van der Waals surface area contributed by atoms with Crippen molar-refractivity contribution in [2.24, 2.45) is 0 Å². The molecule has 0 saturated heterocycles. The quantitative estimate of drug-likeness (QED) is 0.525. The number of sulfone groups is 1. The molecule has 0 amide bonds. The average molecular weight is 423 g/mol.